The fraction of sp³-hybridized carbons (Fsp3) is 0.143. The summed E-state index contributed by atoms with van der Waals surface area (Å²) in [4.78, 5) is 5.06. The molecule has 0 spiro atoms. The largest absolute Gasteiger partial charge is 0.497 e. The van der Waals surface area contributed by atoms with Gasteiger partial charge in [-0.25, -0.2) is 0 Å². The first-order chi connectivity index (χ1) is 10.2. The quantitative estimate of drug-likeness (QED) is 0.801. The van der Waals surface area contributed by atoms with E-state index in [1.807, 2.05) is 17.6 Å². The Hall–Kier alpha value is -2.56. The van der Waals surface area contributed by atoms with Gasteiger partial charge < -0.3 is 14.6 Å². The Morgan fingerprint density at radius 2 is 2.19 bits per heavy atom. The van der Waals surface area contributed by atoms with Crippen LogP contribution in [0.2, 0.25) is 0 Å². The molecule has 6 nitrogen and oxygen atoms in total. The maximum absolute atomic E-state index is 9.49. The highest BCUT2D eigenvalue weighted by Crippen LogP contribution is 2.30. The maximum Gasteiger partial charge on any atom is 0.244 e. The van der Waals surface area contributed by atoms with Crippen LogP contribution in [-0.2, 0) is 6.61 Å². The highest BCUT2D eigenvalue weighted by Gasteiger charge is 2.15. The van der Waals surface area contributed by atoms with Gasteiger partial charge in [0.1, 0.15) is 17.2 Å². The predicted molar refractivity (Wildman–Crippen MR) is 76.8 cm³/mol. The summed E-state index contributed by atoms with van der Waals surface area (Å²) < 4.78 is 12.6. The van der Waals surface area contributed by atoms with Crippen molar-refractivity contribution in [2.75, 3.05) is 7.11 Å². The van der Waals surface area contributed by atoms with E-state index in [1.54, 1.807) is 22.6 Å². The van der Waals surface area contributed by atoms with Crippen LogP contribution in [0.3, 0.4) is 0 Å². The van der Waals surface area contributed by atoms with Crippen LogP contribution < -0.4 is 9.47 Å². The number of nitriles is 1. The van der Waals surface area contributed by atoms with Crippen molar-refractivity contribution in [3.05, 3.63) is 41.0 Å². The molecule has 0 unspecified atom stereocenters. The first-order valence-corrected chi connectivity index (χ1v) is 6.95. The molecule has 0 saturated heterocycles. The fourth-order valence-electron chi connectivity index (χ4n) is 1.96. The number of benzene rings is 1. The molecule has 0 aliphatic carbocycles. The molecule has 0 radical (unpaired) electrons. The van der Waals surface area contributed by atoms with E-state index in [4.69, 9.17) is 14.7 Å². The third-order valence-corrected chi connectivity index (χ3v) is 3.69. The fourth-order valence-corrected chi connectivity index (χ4v) is 2.69. The number of aromatic nitrogens is 2. The van der Waals surface area contributed by atoms with Crippen LogP contribution in [-0.4, -0.2) is 21.6 Å². The molecule has 3 rings (SSSR count). The number of imidazole rings is 1. The first-order valence-electron chi connectivity index (χ1n) is 6.07. The lowest BCUT2D eigenvalue weighted by Gasteiger charge is -2.07. The summed E-state index contributed by atoms with van der Waals surface area (Å²) in [7, 11) is 1.52. The molecule has 0 amide bonds. The number of fused-ring (bicyclic) bond motifs is 1. The van der Waals surface area contributed by atoms with Crippen molar-refractivity contribution < 1.29 is 14.6 Å². The minimum absolute atomic E-state index is 0.192. The van der Waals surface area contributed by atoms with Crippen molar-refractivity contribution in [1.82, 2.24) is 9.38 Å². The molecule has 2 heterocycles. The van der Waals surface area contributed by atoms with Crippen LogP contribution in [0.4, 0.5) is 0 Å². The molecular formula is C14H11N3O3S. The number of rotatable bonds is 4. The van der Waals surface area contributed by atoms with Gasteiger partial charge in [-0.3, -0.25) is 4.40 Å². The van der Waals surface area contributed by atoms with Crippen LogP contribution in [0, 0.1) is 11.3 Å². The summed E-state index contributed by atoms with van der Waals surface area (Å²) >= 11 is 1.45. The molecule has 1 N–H and O–H groups in total. The van der Waals surface area contributed by atoms with E-state index >= 15 is 0 Å². The van der Waals surface area contributed by atoms with E-state index in [0.717, 1.165) is 4.96 Å². The van der Waals surface area contributed by atoms with Crippen LogP contribution in [0.15, 0.2) is 29.8 Å². The zero-order valence-electron chi connectivity index (χ0n) is 11.1. The topological polar surface area (TPSA) is 79.8 Å². The average molecular weight is 301 g/mol. The SMILES string of the molecule is COc1cc(C#N)cc(Oc2nc3sccn3c2CO)c1. The summed E-state index contributed by atoms with van der Waals surface area (Å²) in [5.41, 5.74) is 0.989. The zero-order valence-corrected chi connectivity index (χ0v) is 11.9. The number of thiazole rings is 1. The Morgan fingerprint density at radius 3 is 2.90 bits per heavy atom. The summed E-state index contributed by atoms with van der Waals surface area (Å²) in [5, 5.41) is 20.4. The van der Waals surface area contributed by atoms with Crippen molar-refractivity contribution in [2.45, 2.75) is 6.61 Å². The lowest BCUT2D eigenvalue weighted by atomic mass is 10.2. The Balaban J connectivity index is 2.02. The predicted octanol–water partition coefficient (Wildman–Crippen LogP) is 2.56. The van der Waals surface area contributed by atoms with Gasteiger partial charge in [0, 0.05) is 17.6 Å². The van der Waals surface area contributed by atoms with E-state index in [2.05, 4.69) is 4.98 Å². The molecule has 0 atom stereocenters. The van der Waals surface area contributed by atoms with Gasteiger partial charge in [0.05, 0.1) is 25.3 Å². The van der Waals surface area contributed by atoms with Gasteiger partial charge in [0.25, 0.3) is 0 Å². The van der Waals surface area contributed by atoms with Gasteiger partial charge in [-0.05, 0) is 12.1 Å². The Labute approximate surface area is 124 Å². The second-order valence-corrected chi connectivity index (χ2v) is 5.06. The Kier molecular flexibility index (Phi) is 3.48. The number of aliphatic hydroxyl groups is 1. The third kappa shape index (κ3) is 2.42. The number of ether oxygens (including phenoxy) is 2. The summed E-state index contributed by atoms with van der Waals surface area (Å²) in [6, 6.07) is 6.92. The van der Waals surface area contributed by atoms with Gasteiger partial charge in [0.15, 0.2) is 4.96 Å². The van der Waals surface area contributed by atoms with E-state index in [-0.39, 0.29) is 6.61 Å². The molecule has 2 aromatic heterocycles. The molecular weight excluding hydrogens is 290 g/mol. The van der Waals surface area contributed by atoms with Crippen LogP contribution >= 0.6 is 11.3 Å². The maximum atomic E-state index is 9.49. The van der Waals surface area contributed by atoms with Gasteiger partial charge >= 0.3 is 0 Å². The smallest absolute Gasteiger partial charge is 0.244 e. The standard InChI is InChI=1S/C14H11N3O3S/c1-19-10-4-9(7-15)5-11(6-10)20-13-12(8-18)17-2-3-21-14(17)16-13/h2-6,18H,8H2,1H3. The van der Waals surface area contributed by atoms with Gasteiger partial charge in [-0.1, -0.05) is 0 Å². The molecule has 106 valence electrons. The molecule has 0 bridgehead atoms. The number of hydrogen-bond acceptors (Lipinski definition) is 6. The monoisotopic (exact) mass is 301 g/mol. The number of hydrogen-bond donors (Lipinski definition) is 1. The molecule has 0 fully saturated rings. The van der Waals surface area contributed by atoms with Gasteiger partial charge in [-0.2, -0.15) is 10.2 Å². The molecule has 0 aliphatic heterocycles. The van der Waals surface area contributed by atoms with E-state index in [1.165, 1.54) is 18.4 Å². The second-order valence-electron chi connectivity index (χ2n) is 4.19. The summed E-state index contributed by atoms with van der Waals surface area (Å²) in [6.07, 6.45) is 1.82. The Bertz CT molecular complexity index is 832. The zero-order chi connectivity index (χ0) is 14.8. The van der Waals surface area contributed by atoms with Gasteiger partial charge in [-0.15, -0.1) is 11.3 Å². The summed E-state index contributed by atoms with van der Waals surface area (Å²) in [6.45, 7) is -0.192. The number of aliphatic hydroxyl groups excluding tert-OH is 1. The van der Waals surface area contributed by atoms with Crippen LogP contribution in [0.1, 0.15) is 11.3 Å². The van der Waals surface area contributed by atoms with Crippen LogP contribution in [0.25, 0.3) is 4.96 Å². The highest BCUT2D eigenvalue weighted by atomic mass is 32.1. The van der Waals surface area contributed by atoms with Crippen molar-refractivity contribution in [3.63, 3.8) is 0 Å². The van der Waals surface area contributed by atoms with Crippen molar-refractivity contribution in [3.8, 4) is 23.4 Å². The Morgan fingerprint density at radius 1 is 1.38 bits per heavy atom. The van der Waals surface area contributed by atoms with Crippen molar-refractivity contribution >= 4 is 16.3 Å². The van der Waals surface area contributed by atoms with Gasteiger partial charge in [0.2, 0.25) is 5.88 Å². The van der Waals surface area contributed by atoms with Crippen LogP contribution in [0.5, 0.6) is 17.4 Å². The molecule has 1 aromatic carbocycles. The van der Waals surface area contributed by atoms with E-state index < -0.39 is 0 Å². The number of methoxy groups -OCH3 is 1. The van der Waals surface area contributed by atoms with Crippen molar-refractivity contribution in [1.29, 1.82) is 5.26 Å². The van der Waals surface area contributed by atoms with E-state index in [0.29, 0.717) is 28.6 Å². The minimum Gasteiger partial charge on any atom is -0.497 e. The lowest BCUT2D eigenvalue weighted by Crippen LogP contribution is -1.94. The molecule has 0 aliphatic rings. The summed E-state index contributed by atoms with van der Waals surface area (Å²) in [5.74, 6) is 1.28. The molecule has 21 heavy (non-hydrogen) atoms. The van der Waals surface area contributed by atoms with Crippen molar-refractivity contribution in [2.24, 2.45) is 0 Å². The molecule has 3 aromatic rings. The number of nitrogens with zero attached hydrogens (tertiary/aromatic N) is 3. The lowest BCUT2D eigenvalue weighted by molar-refractivity contribution is 0.269. The molecule has 0 saturated carbocycles. The normalized spacial score (nSPS) is 10.5. The first kappa shape index (κ1) is 13.4. The highest BCUT2D eigenvalue weighted by molar-refractivity contribution is 7.15. The third-order valence-electron chi connectivity index (χ3n) is 2.93. The van der Waals surface area contributed by atoms with E-state index in [9.17, 15) is 5.11 Å². The second kappa shape index (κ2) is 5.44. The minimum atomic E-state index is -0.192. The molecule has 7 heteroatoms. The average Bonchev–Trinajstić information content (AvgIpc) is 3.07.